The van der Waals surface area contributed by atoms with Crippen LogP contribution in [0.5, 0.6) is 5.75 Å². The van der Waals surface area contributed by atoms with E-state index in [-0.39, 0.29) is 0 Å². The number of fused-ring (bicyclic) bond motifs is 3. The number of likely N-dealkylation sites (tertiary alicyclic amines) is 1. The van der Waals surface area contributed by atoms with Gasteiger partial charge in [0.15, 0.2) is 0 Å². The van der Waals surface area contributed by atoms with E-state index in [0.29, 0.717) is 0 Å². The van der Waals surface area contributed by atoms with Gasteiger partial charge in [-0.15, -0.1) is 0 Å². The standard InChI is InChI=1S/C19H21NO2/c1-4-11-20(12-5-1)13-14-21-17-9-6-10-18-19(17)15-7-2-3-8-16(15)22-18/h2-3,6-10H,1,4-5,11-14H2. The van der Waals surface area contributed by atoms with Crippen molar-refractivity contribution in [2.45, 2.75) is 19.3 Å². The third-order valence-electron chi connectivity index (χ3n) is 4.48. The summed E-state index contributed by atoms with van der Waals surface area (Å²) in [6, 6.07) is 14.2. The Morgan fingerprint density at radius 2 is 1.73 bits per heavy atom. The Kier molecular flexibility index (Phi) is 3.73. The summed E-state index contributed by atoms with van der Waals surface area (Å²) in [4.78, 5) is 2.50. The van der Waals surface area contributed by atoms with Gasteiger partial charge >= 0.3 is 0 Å². The average Bonchev–Trinajstić information content (AvgIpc) is 2.95. The maximum atomic E-state index is 6.09. The van der Waals surface area contributed by atoms with Gasteiger partial charge in [0, 0.05) is 11.9 Å². The Labute approximate surface area is 130 Å². The molecule has 0 radical (unpaired) electrons. The molecule has 4 rings (SSSR count). The molecule has 1 fully saturated rings. The molecule has 2 heterocycles. The van der Waals surface area contributed by atoms with Crippen LogP contribution in [0.2, 0.25) is 0 Å². The monoisotopic (exact) mass is 295 g/mol. The third kappa shape index (κ3) is 2.57. The van der Waals surface area contributed by atoms with Gasteiger partial charge in [-0.3, -0.25) is 4.90 Å². The molecule has 2 aromatic carbocycles. The summed E-state index contributed by atoms with van der Waals surface area (Å²) >= 11 is 0. The lowest BCUT2D eigenvalue weighted by molar-refractivity contribution is 0.184. The van der Waals surface area contributed by atoms with Crippen molar-refractivity contribution in [3.63, 3.8) is 0 Å². The number of rotatable bonds is 4. The average molecular weight is 295 g/mol. The van der Waals surface area contributed by atoms with E-state index in [9.17, 15) is 0 Å². The Morgan fingerprint density at radius 3 is 2.64 bits per heavy atom. The Hall–Kier alpha value is -2.00. The summed E-state index contributed by atoms with van der Waals surface area (Å²) in [5.41, 5.74) is 1.82. The van der Waals surface area contributed by atoms with E-state index >= 15 is 0 Å². The molecule has 0 unspecified atom stereocenters. The first-order chi connectivity index (χ1) is 10.9. The van der Waals surface area contributed by atoms with Crippen LogP contribution < -0.4 is 4.74 Å². The molecule has 1 aromatic heterocycles. The normalized spacial score (nSPS) is 16.4. The predicted octanol–water partition coefficient (Wildman–Crippen LogP) is 4.45. The van der Waals surface area contributed by atoms with Crippen LogP contribution in [0, 0.1) is 0 Å². The van der Waals surface area contributed by atoms with E-state index in [1.807, 2.05) is 36.4 Å². The molecule has 0 atom stereocenters. The maximum absolute atomic E-state index is 6.09. The number of ether oxygens (including phenoxy) is 1. The second-order valence-electron chi connectivity index (χ2n) is 5.98. The fourth-order valence-corrected chi connectivity index (χ4v) is 3.33. The van der Waals surface area contributed by atoms with Crippen molar-refractivity contribution in [3.05, 3.63) is 42.5 Å². The smallest absolute Gasteiger partial charge is 0.139 e. The summed E-state index contributed by atoms with van der Waals surface area (Å²) in [6.45, 7) is 4.16. The summed E-state index contributed by atoms with van der Waals surface area (Å²) in [7, 11) is 0. The molecular weight excluding hydrogens is 274 g/mol. The van der Waals surface area contributed by atoms with Gasteiger partial charge < -0.3 is 9.15 Å². The number of piperidine rings is 1. The van der Waals surface area contributed by atoms with Crippen LogP contribution in [-0.4, -0.2) is 31.1 Å². The van der Waals surface area contributed by atoms with Crippen LogP contribution in [0.25, 0.3) is 21.9 Å². The molecular formula is C19H21NO2. The van der Waals surface area contributed by atoms with Crippen LogP contribution in [0.15, 0.2) is 46.9 Å². The van der Waals surface area contributed by atoms with Crippen molar-refractivity contribution in [1.82, 2.24) is 4.90 Å². The minimum atomic E-state index is 0.735. The number of nitrogens with zero attached hydrogens (tertiary/aromatic N) is 1. The molecule has 22 heavy (non-hydrogen) atoms. The fourth-order valence-electron chi connectivity index (χ4n) is 3.33. The highest BCUT2D eigenvalue weighted by molar-refractivity contribution is 6.08. The summed E-state index contributed by atoms with van der Waals surface area (Å²) in [5.74, 6) is 0.930. The molecule has 0 amide bonds. The summed E-state index contributed by atoms with van der Waals surface area (Å²) in [5, 5.41) is 2.22. The third-order valence-corrected chi connectivity index (χ3v) is 4.48. The zero-order chi connectivity index (χ0) is 14.8. The second-order valence-corrected chi connectivity index (χ2v) is 5.98. The molecule has 0 saturated carbocycles. The second kappa shape index (κ2) is 6.01. The van der Waals surface area contributed by atoms with Crippen molar-refractivity contribution >= 4 is 21.9 Å². The molecule has 0 spiro atoms. The lowest BCUT2D eigenvalue weighted by atomic mass is 10.1. The van der Waals surface area contributed by atoms with Gasteiger partial charge in [0.1, 0.15) is 23.5 Å². The first-order valence-corrected chi connectivity index (χ1v) is 8.17. The first-order valence-electron chi connectivity index (χ1n) is 8.17. The highest BCUT2D eigenvalue weighted by Crippen LogP contribution is 2.35. The van der Waals surface area contributed by atoms with Crippen LogP contribution in [-0.2, 0) is 0 Å². The molecule has 1 saturated heterocycles. The van der Waals surface area contributed by atoms with E-state index in [4.69, 9.17) is 9.15 Å². The highest BCUT2D eigenvalue weighted by Gasteiger charge is 2.13. The number of hydrogen-bond donors (Lipinski definition) is 0. The van der Waals surface area contributed by atoms with Crippen LogP contribution in [0.3, 0.4) is 0 Å². The molecule has 3 aromatic rings. The Morgan fingerprint density at radius 1 is 0.909 bits per heavy atom. The molecule has 114 valence electrons. The zero-order valence-electron chi connectivity index (χ0n) is 12.8. The minimum Gasteiger partial charge on any atom is -0.491 e. The summed E-state index contributed by atoms with van der Waals surface area (Å²) < 4.78 is 12.0. The lowest BCUT2D eigenvalue weighted by Gasteiger charge is -2.26. The van der Waals surface area contributed by atoms with Gasteiger partial charge in [-0.2, -0.15) is 0 Å². The number of para-hydroxylation sites is 1. The van der Waals surface area contributed by atoms with Crippen molar-refractivity contribution in [2.24, 2.45) is 0 Å². The van der Waals surface area contributed by atoms with Crippen molar-refractivity contribution in [2.75, 3.05) is 26.2 Å². The van der Waals surface area contributed by atoms with Gasteiger partial charge in [-0.05, 0) is 44.1 Å². The van der Waals surface area contributed by atoms with E-state index in [0.717, 1.165) is 40.8 Å². The largest absolute Gasteiger partial charge is 0.491 e. The molecule has 3 heteroatoms. The van der Waals surface area contributed by atoms with Crippen molar-refractivity contribution in [3.8, 4) is 5.75 Å². The lowest BCUT2D eigenvalue weighted by Crippen LogP contribution is -2.33. The van der Waals surface area contributed by atoms with Crippen LogP contribution >= 0.6 is 0 Å². The number of hydrogen-bond acceptors (Lipinski definition) is 3. The van der Waals surface area contributed by atoms with Crippen molar-refractivity contribution < 1.29 is 9.15 Å². The first kappa shape index (κ1) is 13.6. The molecule has 0 aliphatic carbocycles. The molecule has 0 N–H and O–H groups in total. The van der Waals surface area contributed by atoms with E-state index in [1.165, 1.54) is 32.4 Å². The number of benzene rings is 2. The molecule has 1 aliphatic rings. The fraction of sp³-hybridized carbons (Fsp3) is 0.368. The van der Waals surface area contributed by atoms with Gasteiger partial charge in [0.25, 0.3) is 0 Å². The van der Waals surface area contributed by atoms with E-state index < -0.39 is 0 Å². The summed E-state index contributed by atoms with van der Waals surface area (Å²) in [6.07, 6.45) is 4.02. The van der Waals surface area contributed by atoms with Crippen LogP contribution in [0.4, 0.5) is 0 Å². The number of furan rings is 1. The van der Waals surface area contributed by atoms with Crippen LogP contribution in [0.1, 0.15) is 19.3 Å². The van der Waals surface area contributed by atoms with E-state index in [1.54, 1.807) is 0 Å². The quantitative estimate of drug-likeness (QED) is 0.711. The van der Waals surface area contributed by atoms with E-state index in [2.05, 4.69) is 11.0 Å². The maximum Gasteiger partial charge on any atom is 0.139 e. The zero-order valence-corrected chi connectivity index (χ0v) is 12.8. The Balaban J connectivity index is 1.56. The minimum absolute atomic E-state index is 0.735. The van der Waals surface area contributed by atoms with Gasteiger partial charge in [-0.25, -0.2) is 0 Å². The van der Waals surface area contributed by atoms with Gasteiger partial charge in [0.2, 0.25) is 0 Å². The van der Waals surface area contributed by atoms with Gasteiger partial charge in [0.05, 0.1) is 5.39 Å². The van der Waals surface area contributed by atoms with Gasteiger partial charge in [-0.1, -0.05) is 30.7 Å². The molecule has 1 aliphatic heterocycles. The topological polar surface area (TPSA) is 25.6 Å². The highest BCUT2D eigenvalue weighted by atomic mass is 16.5. The molecule has 3 nitrogen and oxygen atoms in total. The predicted molar refractivity (Wildman–Crippen MR) is 89.5 cm³/mol. The van der Waals surface area contributed by atoms with Crippen molar-refractivity contribution in [1.29, 1.82) is 0 Å². The SMILES string of the molecule is c1ccc2c(c1)oc1cccc(OCCN3CCCCC3)c12. The molecule has 0 bridgehead atoms. The Bertz CT molecular complexity index is 771.